The zero-order valence-corrected chi connectivity index (χ0v) is 22.2. The topological polar surface area (TPSA) is 17.3 Å². The molecule has 7 rings (SSSR count). The van der Waals surface area contributed by atoms with Crippen molar-refractivity contribution in [1.29, 1.82) is 0 Å². The normalized spacial score (nSPS) is 13.1. The first-order chi connectivity index (χ1) is 18.5. The summed E-state index contributed by atoms with van der Waals surface area (Å²) in [5.74, 6) is 0. The summed E-state index contributed by atoms with van der Waals surface area (Å²) in [6.07, 6.45) is -4.35. The van der Waals surface area contributed by atoms with Gasteiger partial charge in [-0.3, -0.25) is 0 Å². The molecule has 0 aliphatic carbocycles. The average Bonchev–Trinajstić information content (AvgIpc) is 3.20. The van der Waals surface area contributed by atoms with Gasteiger partial charge >= 0.3 is 6.18 Å². The lowest BCUT2D eigenvalue weighted by Gasteiger charge is -2.27. The van der Waals surface area contributed by atoms with E-state index in [-0.39, 0.29) is 6.42 Å². The van der Waals surface area contributed by atoms with Crippen LogP contribution in [0.15, 0.2) is 78.9 Å². The van der Waals surface area contributed by atoms with Crippen LogP contribution in [-0.2, 0) is 6.42 Å². The monoisotopic (exact) mass is 520 g/mol. The van der Waals surface area contributed by atoms with Crippen molar-refractivity contribution < 1.29 is 13.2 Å². The highest BCUT2D eigenvalue weighted by atomic mass is 19.4. The number of aryl methyl sites for hydroxylation is 2. The second kappa shape index (κ2) is 7.95. The molecule has 0 spiro atoms. The molecule has 0 bridgehead atoms. The summed E-state index contributed by atoms with van der Waals surface area (Å²) in [6, 6.07) is 26.9. The summed E-state index contributed by atoms with van der Waals surface area (Å²) in [5.41, 5.74) is 7.24. The zero-order valence-electron chi connectivity index (χ0n) is 22.2. The summed E-state index contributed by atoms with van der Waals surface area (Å²) >= 11 is 0. The van der Waals surface area contributed by atoms with Crippen molar-refractivity contribution in [1.82, 2.24) is 9.38 Å². The van der Waals surface area contributed by atoms with E-state index in [1.165, 1.54) is 25.0 Å². The van der Waals surface area contributed by atoms with Crippen molar-refractivity contribution in [2.24, 2.45) is 5.41 Å². The van der Waals surface area contributed by atoms with Gasteiger partial charge in [0.15, 0.2) is 0 Å². The smallest absolute Gasteiger partial charge is 0.308 e. The predicted molar refractivity (Wildman–Crippen MR) is 155 cm³/mol. The van der Waals surface area contributed by atoms with Crippen LogP contribution in [0.2, 0.25) is 0 Å². The number of hydrogen-bond acceptors (Lipinski definition) is 1. The highest BCUT2D eigenvalue weighted by Crippen LogP contribution is 2.43. The molecule has 0 aliphatic rings. The first kappa shape index (κ1) is 24.0. The van der Waals surface area contributed by atoms with E-state index in [2.05, 4.69) is 66.8 Å². The van der Waals surface area contributed by atoms with Crippen LogP contribution in [0.3, 0.4) is 0 Å². The standard InChI is InChI=1S/C34H27F3N2/c1-19-13-20(2)15-22(14-19)28-17-30-31-23(7-6-10-27(31)38-28)24-8-5-9-25-26-16-21(18-33(3,4)34(35,36)37)11-12-29(26)39(30)32(24)25/h5-17H,18H2,1-4H3. The van der Waals surface area contributed by atoms with Crippen molar-refractivity contribution in [3.63, 3.8) is 0 Å². The molecule has 0 fully saturated rings. The Bertz CT molecular complexity index is 2060. The van der Waals surface area contributed by atoms with Crippen LogP contribution in [0.4, 0.5) is 13.2 Å². The van der Waals surface area contributed by atoms with Crippen LogP contribution in [-0.4, -0.2) is 15.6 Å². The van der Waals surface area contributed by atoms with Gasteiger partial charge in [-0.05, 0) is 67.6 Å². The van der Waals surface area contributed by atoms with E-state index in [1.807, 2.05) is 30.3 Å². The molecule has 0 saturated carbocycles. The molecule has 2 nitrogen and oxygen atoms in total. The van der Waals surface area contributed by atoms with E-state index in [0.29, 0.717) is 5.56 Å². The van der Waals surface area contributed by atoms with Gasteiger partial charge in [0, 0.05) is 27.1 Å². The molecule has 0 radical (unpaired) electrons. The molecular weight excluding hydrogens is 493 g/mol. The van der Waals surface area contributed by atoms with E-state index in [1.54, 1.807) is 0 Å². The molecule has 7 aromatic rings. The van der Waals surface area contributed by atoms with E-state index >= 15 is 0 Å². The number of nitrogens with zero attached hydrogens (tertiary/aromatic N) is 2. The molecule has 0 saturated heterocycles. The zero-order chi connectivity index (χ0) is 27.3. The fraction of sp³-hybridized carbons (Fsp3) is 0.206. The molecule has 0 unspecified atom stereocenters. The molecule has 0 N–H and O–H groups in total. The van der Waals surface area contributed by atoms with E-state index in [4.69, 9.17) is 4.98 Å². The fourth-order valence-corrected chi connectivity index (χ4v) is 6.24. The molecule has 194 valence electrons. The first-order valence-electron chi connectivity index (χ1n) is 13.2. The lowest BCUT2D eigenvalue weighted by molar-refractivity contribution is -0.211. The van der Waals surface area contributed by atoms with Gasteiger partial charge in [-0.25, -0.2) is 4.98 Å². The number of halogens is 3. The molecular formula is C34H27F3N2. The van der Waals surface area contributed by atoms with Gasteiger partial charge in [0.05, 0.1) is 33.2 Å². The van der Waals surface area contributed by atoms with Crippen LogP contribution in [0, 0.1) is 19.3 Å². The van der Waals surface area contributed by atoms with Gasteiger partial charge in [0.2, 0.25) is 0 Å². The number of pyridine rings is 2. The first-order valence-corrected chi connectivity index (χ1v) is 13.2. The second-order valence-electron chi connectivity index (χ2n) is 11.5. The van der Waals surface area contributed by atoms with Crippen molar-refractivity contribution in [2.75, 3.05) is 0 Å². The summed E-state index contributed by atoms with van der Waals surface area (Å²) in [4.78, 5) is 5.09. The van der Waals surface area contributed by atoms with Gasteiger partial charge in [0.25, 0.3) is 0 Å². The Labute approximate surface area is 224 Å². The quantitative estimate of drug-likeness (QED) is 0.167. The lowest BCUT2D eigenvalue weighted by atomic mass is 9.85. The molecule has 5 heteroatoms. The third-order valence-electron chi connectivity index (χ3n) is 8.13. The Morgan fingerprint density at radius 3 is 2.10 bits per heavy atom. The van der Waals surface area contributed by atoms with Crippen LogP contribution in [0.25, 0.3) is 60.3 Å². The number of aromatic nitrogens is 2. The maximum absolute atomic E-state index is 13.7. The minimum atomic E-state index is -4.28. The van der Waals surface area contributed by atoms with Gasteiger partial charge in [-0.15, -0.1) is 0 Å². The van der Waals surface area contributed by atoms with Crippen LogP contribution < -0.4 is 0 Å². The molecule has 0 atom stereocenters. The summed E-state index contributed by atoms with van der Waals surface area (Å²) in [7, 11) is 0. The molecule has 4 aromatic carbocycles. The third kappa shape index (κ3) is 3.52. The maximum atomic E-state index is 13.7. The SMILES string of the molecule is Cc1cc(C)cc(-c2cc3c4c(cccc4c4cccc5c6cc(CC(C)(C)C(F)(F)F)ccc6n3c45)n2)c1. The number of hydrogen-bond donors (Lipinski definition) is 0. The van der Waals surface area contributed by atoms with E-state index in [0.717, 1.165) is 60.3 Å². The summed E-state index contributed by atoms with van der Waals surface area (Å²) in [6.45, 7) is 6.73. The third-order valence-corrected chi connectivity index (χ3v) is 8.13. The average molecular weight is 521 g/mol. The minimum absolute atomic E-state index is 0.0740. The van der Waals surface area contributed by atoms with Crippen molar-refractivity contribution in [3.8, 4) is 11.3 Å². The van der Waals surface area contributed by atoms with Gasteiger partial charge in [0.1, 0.15) is 0 Å². The van der Waals surface area contributed by atoms with Crippen LogP contribution in [0.5, 0.6) is 0 Å². The van der Waals surface area contributed by atoms with E-state index in [9.17, 15) is 13.2 Å². The highest BCUT2D eigenvalue weighted by molar-refractivity contribution is 6.26. The summed E-state index contributed by atoms with van der Waals surface area (Å²) < 4.78 is 43.4. The maximum Gasteiger partial charge on any atom is 0.394 e. The molecule has 0 aliphatic heterocycles. The Balaban J connectivity index is 1.59. The summed E-state index contributed by atoms with van der Waals surface area (Å²) in [5, 5.41) is 5.33. The molecule has 3 aromatic heterocycles. The molecule has 39 heavy (non-hydrogen) atoms. The Hall–Kier alpha value is -4.12. The van der Waals surface area contributed by atoms with Crippen LogP contribution >= 0.6 is 0 Å². The number of benzene rings is 4. The Morgan fingerprint density at radius 2 is 1.38 bits per heavy atom. The molecule has 0 amide bonds. The number of alkyl halides is 3. The number of fused-ring (bicyclic) bond motifs is 5. The van der Waals surface area contributed by atoms with Gasteiger partial charge in [-0.1, -0.05) is 67.4 Å². The highest BCUT2D eigenvalue weighted by Gasteiger charge is 2.47. The van der Waals surface area contributed by atoms with E-state index < -0.39 is 11.6 Å². The van der Waals surface area contributed by atoms with Crippen molar-refractivity contribution >= 4 is 49.0 Å². The van der Waals surface area contributed by atoms with Crippen molar-refractivity contribution in [2.45, 2.75) is 40.3 Å². The number of rotatable bonds is 3. The Kier molecular flexibility index (Phi) is 4.88. The number of para-hydroxylation sites is 1. The second-order valence-corrected chi connectivity index (χ2v) is 11.5. The van der Waals surface area contributed by atoms with Gasteiger partial charge < -0.3 is 4.40 Å². The van der Waals surface area contributed by atoms with Gasteiger partial charge in [-0.2, -0.15) is 13.2 Å². The van der Waals surface area contributed by atoms with Crippen LogP contribution in [0.1, 0.15) is 30.5 Å². The minimum Gasteiger partial charge on any atom is -0.308 e. The fourth-order valence-electron chi connectivity index (χ4n) is 6.24. The lowest BCUT2D eigenvalue weighted by Crippen LogP contribution is -2.34. The Morgan fingerprint density at radius 1 is 0.718 bits per heavy atom. The van der Waals surface area contributed by atoms with Crippen molar-refractivity contribution in [3.05, 3.63) is 95.6 Å². The predicted octanol–water partition coefficient (Wildman–Crippen LogP) is 9.80. The largest absolute Gasteiger partial charge is 0.394 e. The molecule has 3 heterocycles.